The quantitative estimate of drug-likeness (QED) is 0.407. The number of halogens is 4. The molecular weight excluding hydrogens is 492 g/mol. The van der Waals surface area contributed by atoms with Crippen molar-refractivity contribution < 1.29 is 27.2 Å². The van der Waals surface area contributed by atoms with Crippen LogP contribution in [0.25, 0.3) is 21.8 Å². The number of carbonyl (C=O) groups excluding carboxylic acids is 2. The summed E-state index contributed by atoms with van der Waals surface area (Å²) in [6.07, 6.45) is -1.67. The second-order valence-corrected chi connectivity index (χ2v) is 8.90. The Morgan fingerprint density at radius 1 is 1.14 bits per heavy atom. The van der Waals surface area contributed by atoms with Gasteiger partial charge < -0.3 is 5.73 Å². The van der Waals surface area contributed by atoms with E-state index in [9.17, 15) is 27.2 Å². The number of nitrogen functional groups attached to an aromatic ring is 1. The number of alkyl halides is 3. The van der Waals surface area contributed by atoms with E-state index in [2.05, 4.69) is 10.1 Å². The first-order valence-corrected chi connectivity index (χ1v) is 11.5. The minimum Gasteiger partial charge on any atom is -0.383 e. The van der Waals surface area contributed by atoms with E-state index < -0.39 is 30.0 Å². The lowest BCUT2D eigenvalue weighted by molar-refractivity contribution is -0.148. The van der Waals surface area contributed by atoms with Crippen molar-refractivity contribution in [2.75, 3.05) is 12.3 Å². The van der Waals surface area contributed by atoms with Gasteiger partial charge in [0.05, 0.1) is 34.7 Å². The molecule has 0 aliphatic carbocycles. The fraction of sp³-hybridized carbons (Fsp3) is 0.280. The average Bonchev–Trinajstić information content (AvgIpc) is 3.25. The molecule has 0 radical (unpaired) electrons. The summed E-state index contributed by atoms with van der Waals surface area (Å²) >= 11 is 0. The molecule has 2 amide bonds. The summed E-state index contributed by atoms with van der Waals surface area (Å²) in [5.74, 6) is -1.76. The van der Waals surface area contributed by atoms with Crippen LogP contribution in [0.2, 0.25) is 0 Å². The third-order valence-corrected chi connectivity index (χ3v) is 6.48. The summed E-state index contributed by atoms with van der Waals surface area (Å²) in [6, 6.07) is 6.85. The maximum atomic E-state index is 14.7. The third kappa shape index (κ3) is 4.43. The minimum atomic E-state index is -4.71. The number of amides is 2. The van der Waals surface area contributed by atoms with Gasteiger partial charge in [-0.05, 0) is 43.2 Å². The smallest absolute Gasteiger partial charge is 0.383 e. The predicted octanol–water partition coefficient (Wildman–Crippen LogP) is 4.43. The van der Waals surface area contributed by atoms with Crippen LogP contribution >= 0.6 is 0 Å². The highest BCUT2D eigenvalue weighted by Crippen LogP contribution is 2.32. The molecule has 4 aromatic rings. The molecule has 0 bridgehead atoms. The van der Waals surface area contributed by atoms with Gasteiger partial charge in [0, 0.05) is 36.5 Å². The number of hydrogen-bond donors (Lipinski definition) is 1. The number of rotatable bonds is 4. The summed E-state index contributed by atoms with van der Waals surface area (Å²) in [7, 11) is 1.72. The van der Waals surface area contributed by atoms with Crippen LogP contribution in [-0.2, 0) is 24.6 Å². The van der Waals surface area contributed by atoms with Crippen molar-refractivity contribution in [1.82, 2.24) is 24.8 Å². The molecule has 0 unspecified atom stereocenters. The van der Waals surface area contributed by atoms with Gasteiger partial charge in [-0.15, -0.1) is 0 Å². The highest BCUT2D eigenvalue weighted by Gasteiger charge is 2.33. The minimum absolute atomic E-state index is 0.149. The summed E-state index contributed by atoms with van der Waals surface area (Å²) < 4.78 is 55.4. The number of piperidine rings is 1. The molecule has 2 N–H and O–H groups in total. The SMILES string of the molecule is Cn1ncc2c(N)nc3ccc(C(=O)N(Cc4ccc(C(F)(F)F)cc4F)N4CCCCC4=O)cc3c21. The Hall–Kier alpha value is -4.22. The van der Waals surface area contributed by atoms with Crippen LogP contribution in [0.5, 0.6) is 0 Å². The topological polar surface area (TPSA) is 97.3 Å². The van der Waals surface area contributed by atoms with Crippen LogP contribution in [0.3, 0.4) is 0 Å². The second-order valence-electron chi connectivity index (χ2n) is 8.90. The Labute approximate surface area is 208 Å². The molecule has 0 atom stereocenters. The zero-order chi connectivity index (χ0) is 26.5. The first-order valence-electron chi connectivity index (χ1n) is 11.5. The highest BCUT2D eigenvalue weighted by molar-refractivity contribution is 6.10. The molecule has 2 aromatic heterocycles. The Bertz CT molecular complexity index is 1550. The molecule has 12 heteroatoms. The van der Waals surface area contributed by atoms with Crippen LogP contribution in [-0.4, -0.2) is 43.1 Å². The number of hydrogen-bond acceptors (Lipinski definition) is 5. The number of aromatic nitrogens is 3. The standard InChI is InChI=1S/C25H22F4N6O2/c1-33-22-17-10-14(6-8-20(17)32-23(30)18(22)12-31-33)24(37)35(34-9-3-2-4-21(34)36)13-15-5-7-16(11-19(15)26)25(27,28)29/h5-8,10-12H,2-4,9,13H2,1H3,(H2,30,32). The Kier molecular flexibility index (Phi) is 5.97. The van der Waals surface area contributed by atoms with E-state index in [1.807, 2.05) is 0 Å². The normalized spacial score (nSPS) is 14.5. The number of pyridine rings is 1. The van der Waals surface area contributed by atoms with Crippen molar-refractivity contribution >= 4 is 39.4 Å². The molecular formula is C25H22F4N6O2. The van der Waals surface area contributed by atoms with E-state index in [-0.39, 0.29) is 35.8 Å². The highest BCUT2D eigenvalue weighted by atomic mass is 19.4. The molecule has 1 saturated heterocycles. The first-order chi connectivity index (χ1) is 17.5. The molecule has 8 nitrogen and oxygen atoms in total. The lowest BCUT2D eigenvalue weighted by Gasteiger charge is -2.37. The summed E-state index contributed by atoms with van der Waals surface area (Å²) in [5.41, 5.74) is 6.13. The zero-order valence-electron chi connectivity index (χ0n) is 19.7. The van der Waals surface area contributed by atoms with Gasteiger partial charge in [-0.3, -0.25) is 19.3 Å². The largest absolute Gasteiger partial charge is 0.416 e. The van der Waals surface area contributed by atoms with Crippen molar-refractivity contribution in [1.29, 1.82) is 0 Å². The van der Waals surface area contributed by atoms with Crippen molar-refractivity contribution in [3.8, 4) is 0 Å². The molecule has 3 heterocycles. The van der Waals surface area contributed by atoms with Crippen LogP contribution in [0.1, 0.15) is 40.7 Å². The van der Waals surface area contributed by atoms with Gasteiger partial charge in [0.2, 0.25) is 5.91 Å². The molecule has 1 fully saturated rings. The number of anilines is 1. The van der Waals surface area contributed by atoms with E-state index in [1.54, 1.807) is 30.1 Å². The molecule has 1 aliphatic rings. The summed E-state index contributed by atoms with van der Waals surface area (Å²) in [6.45, 7) is -0.196. The third-order valence-electron chi connectivity index (χ3n) is 6.48. The van der Waals surface area contributed by atoms with Gasteiger partial charge in [0.25, 0.3) is 5.91 Å². The maximum absolute atomic E-state index is 14.7. The van der Waals surface area contributed by atoms with E-state index in [4.69, 9.17) is 5.73 Å². The summed E-state index contributed by atoms with van der Waals surface area (Å²) in [5, 5.41) is 7.76. The van der Waals surface area contributed by atoms with Crippen LogP contribution in [0.4, 0.5) is 23.4 Å². The van der Waals surface area contributed by atoms with Gasteiger partial charge in [0.15, 0.2) is 0 Å². The molecule has 0 saturated carbocycles. The van der Waals surface area contributed by atoms with E-state index >= 15 is 0 Å². The molecule has 5 rings (SSSR count). The molecule has 2 aromatic carbocycles. The van der Waals surface area contributed by atoms with E-state index in [0.717, 1.165) is 17.1 Å². The van der Waals surface area contributed by atoms with Gasteiger partial charge in [-0.1, -0.05) is 6.07 Å². The maximum Gasteiger partial charge on any atom is 0.416 e. The Balaban J connectivity index is 1.57. The molecule has 0 spiro atoms. The van der Waals surface area contributed by atoms with E-state index in [0.29, 0.717) is 40.7 Å². The van der Waals surface area contributed by atoms with Crippen LogP contribution in [0.15, 0.2) is 42.6 Å². The van der Waals surface area contributed by atoms with E-state index in [1.165, 1.54) is 11.1 Å². The number of nitrogens with two attached hydrogens (primary N) is 1. The second kappa shape index (κ2) is 9.02. The fourth-order valence-electron chi connectivity index (χ4n) is 4.57. The van der Waals surface area contributed by atoms with Crippen molar-refractivity contribution in [2.45, 2.75) is 32.0 Å². The first kappa shape index (κ1) is 24.5. The molecule has 37 heavy (non-hydrogen) atoms. The van der Waals surface area contributed by atoms with Gasteiger partial charge in [0.1, 0.15) is 11.6 Å². The number of hydrazine groups is 1. The van der Waals surface area contributed by atoms with Crippen molar-refractivity contribution in [2.24, 2.45) is 7.05 Å². The van der Waals surface area contributed by atoms with Gasteiger partial charge in [-0.25, -0.2) is 14.4 Å². The lowest BCUT2D eigenvalue weighted by Crippen LogP contribution is -2.51. The fourth-order valence-corrected chi connectivity index (χ4v) is 4.57. The van der Waals surface area contributed by atoms with Crippen LogP contribution in [0, 0.1) is 5.82 Å². The van der Waals surface area contributed by atoms with Gasteiger partial charge >= 0.3 is 6.18 Å². The number of benzene rings is 2. The average molecular weight is 514 g/mol. The number of aryl methyl sites for hydroxylation is 1. The Morgan fingerprint density at radius 3 is 2.62 bits per heavy atom. The summed E-state index contributed by atoms with van der Waals surface area (Å²) in [4.78, 5) is 30.8. The monoisotopic (exact) mass is 514 g/mol. The number of nitrogens with zero attached hydrogens (tertiary/aromatic N) is 5. The van der Waals surface area contributed by atoms with Crippen molar-refractivity contribution in [3.05, 3.63) is 65.1 Å². The van der Waals surface area contributed by atoms with Crippen LogP contribution < -0.4 is 5.73 Å². The zero-order valence-corrected chi connectivity index (χ0v) is 19.7. The molecule has 1 aliphatic heterocycles. The van der Waals surface area contributed by atoms with Crippen molar-refractivity contribution in [3.63, 3.8) is 0 Å². The number of carbonyl (C=O) groups is 2. The Morgan fingerprint density at radius 2 is 1.92 bits per heavy atom. The number of fused-ring (bicyclic) bond motifs is 3. The lowest BCUT2D eigenvalue weighted by atomic mass is 10.1. The molecule has 192 valence electrons. The predicted molar refractivity (Wildman–Crippen MR) is 127 cm³/mol. The van der Waals surface area contributed by atoms with Gasteiger partial charge in [-0.2, -0.15) is 18.3 Å².